The number of benzene rings is 3. The second-order valence-corrected chi connectivity index (χ2v) is 13.7. The Hall–Kier alpha value is -3.98. The molecule has 0 unspecified atom stereocenters. The number of sulfonamides is 1. The maximum Gasteiger partial charge on any atom is 0.471 e. The van der Waals surface area contributed by atoms with Gasteiger partial charge in [0.1, 0.15) is 5.82 Å². The zero-order valence-corrected chi connectivity index (χ0v) is 27.0. The third-order valence-corrected chi connectivity index (χ3v) is 9.83. The van der Waals surface area contributed by atoms with Crippen molar-refractivity contribution in [3.8, 4) is 11.3 Å². The second-order valence-electron chi connectivity index (χ2n) is 10.6. The van der Waals surface area contributed by atoms with Crippen LogP contribution in [0.3, 0.4) is 0 Å². The fourth-order valence-corrected chi connectivity index (χ4v) is 6.87. The van der Waals surface area contributed by atoms with Gasteiger partial charge in [0, 0.05) is 42.8 Å². The standard InChI is InChI=1S/C31H25BrClF3N6O3S/c32-25-17-38-42-28(14-27(40-29(25)42)24-6-1-2-7-26(24)33)37-15-19-4-3-5-20(12-19)16-39-46(44,45)23-9-8-21-10-11-41(18-22(21)13-23)30(43)31(34,35)36/h1-9,12-14,17,37,39H,10-11,15-16,18H2. The van der Waals surface area contributed by atoms with Crippen LogP contribution in [0.4, 0.5) is 19.0 Å². The van der Waals surface area contributed by atoms with Gasteiger partial charge in [-0.3, -0.25) is 4.79 Å². The van der Waals surface area contributed by atoms with Crippen LogP contribution in [-0.2, 0) is 40.9 Å². The minimum absolute atomic E-state index is 0.0196. The van der Waals surface area contributed by atoms with Crippen molar-refractivity contribution in [1.29, 1.82) is 0 Å². The molecule has 0 aliphatic carbocycles. The monoisotopic (exact) mass is 732 g/mol. The summed E-state index contributed by atoms with van der Waals surface area (Å²) in [7, 11) is -4.01. The van der Waals surface area contributed by atoms with Crippen molar-refractivity contribution >= 4 is 54.9 Å². The van der Waals surface area contributed by atoms with E-state index in [4.69, 9.17) is 16.6 Å². The van der Waals surface area contributed by atoms with Gasteiger partial charge in [-0.05, 0) is 62.8 Å². The maximum absolute atomic E-state index is 13.1. The van der Waals surface area contributed by atoms with Gasteiger partial charge in [-0.15, -0.1) is 0 Å². The van der Waals surface area contributed by atoms with Crippen molar-refractivity contribution in [2.75, 3.05) is 11.9 Å². The molecule has 2 N–H and O–H groups in total. The van der Waals surface area contributed by atoms with E-state index in [-0.39, 0.29) is 31.0 Å². The van der Waals surface area contributed by atoms with Crippen LogP contribution in [0.5, 0.6) is 0 Å². The number of nitrogens with one attached hydrogen (secondary N) is 2. The van der Waals surface area contributed by atoms with Gasteiger partial charge >= 0.3 is 12.1 Å². The van der Waals surface area contributed by atoms with Gasteiger partial charge in [0.05, 0.1) is 21.3 Å². The molecule has 9 nitrogen and oxygen atoms in total. The summed E-state index contributed by atoms with van der Waals surface area (Å²) in [6.07, 6.45) is -3.14. The predicted molar refractivity (Wildman–Crippen MR) is 171 cm³/mol. The van der Waals surface area contributed by atoms with Gasteiger partial charge in [-0.25, -0.2) is 18.1 Å². The molecule has 1 aliphatic rings. The van der Waals surface area contributed by atoms with Gasteiger partial charge in [-0.2, -0.15) is 22.8 Å². The lowest BCUT2D eigenvalue weighted by Gasteiger charge is -2.29. The van der Waals surface area contributed by atoms with Crippen LogP contribution in [0.25, 0.3) is 16.9 Å². The highest BCUT2D eigenvalue weighted by Gasteiger charge is 2.43. The van der Waals surface area contributed by atoms with E-state index >= 15 is 0 Å². The molecule has 0 saturated heterocycles. The molecule has 3 heterocycles. The van der Waals surface area contributed by atoms with E-state index in [9.17, 15) is 26.4 Å². The van der Waals surface area contributed by atoms with Gasteiger partial charge in [-0.1, -0.05) is 60.1 Å². The molecule has 2 aromatic heterocycles. The molecule has 0 atom stereocenters. The summed E-state index contributed by atoms with van der Waals surface area (Å²) < 4.78 is 70.1. The Kier molecular flexibility index (Phi) is 8.81. The normalized spacial score (nSPS) is 13.5. The first-order valence-electron chi connectivity index (χ1n) is 14.0. The van der Waals surface area contributed by atoms with Crippen LogP contribution < -0.4 is 10.0 Å². The molecule has 238 valence electrons. The van der Waals surface area contributed by atoms with E-state index in [0.29, 0.717) is 54.8 Å². The Morgan fingerprint density at radius 2 is 1.74 bits per heavy atom. The molecule has 46 heavy (non-hydrogen) atoms. The Balaban J connectivity index is 1.15. The van der Waals surface area contributed by atoms with Crippen molar-refractivity contribution < 1.29 is 26.4 Å². The van der Waals surface area contributed by atoms with Crippen LogP contribution in [0.15, 0.2) is 88.4 Å². The molecular formula is C31H25BrClF3N6O3S. The zero-order chi connectivity index (χ0) is 32.6. The lowest BCUT2D eigenvalue weighted by molar-refractivity contribution is -0.186. The third kappa shape index (κ3) is 6.75. The molecule has 0 radical (unpaired) electrons. The van der Waals surface area contributed by atoms with E-state index in [1.54, 1.807) is 28.9 Å². The molecule has 0 spiro atoms. The number of hydrogen-bond acceptors (Lipinski definition) is 6. The Morgan fingerprint density at radius 1 is 0.978 bits per heavy atom. The van der Waals surface area contributed by atoms with Crippen molar-refractivity contribution in [3.05, 3.63) is 111 Å². The zero-order valence-electron chi connectivity index (χ0n) is 23.9. The summed E-state index contributed by atoms with van der Waals surface area (Å²) >= 11 is 9.93. The molecule has 1 amide bonds. The molecule has 1 aliphatic heterocycles. The minimum Gasteiger partial charge on any atom is -0.366 e. The Labute approximate surface area is 275 Å². The largest absolute Gasteiger partial charge is 0.471 e. The fourth-order valence-electron chi connectivity index (χ4n) is 5.23. The summed E-state index contributed by atoms with van der Waals surface area (Å²) in [5, 5.41) is 8.35. The van der Waals surface area contributed by atoms with Gasteiger partial charge in [0.15, 0.2) is 5.65 Å². The van der Waals surface area contributed by atoms with Crippen LogP contribution in [-0.4, -0.2) is 46.5 Å². The number of aromatic nitrogens is 3. The van der Waals surface area contributed by atoms with Crippen molar-refractivity contribution in [3.63, 3.8) is 0 Å². The van der Waals surface area contributed by atoms with Crippen molar-refractivity contribution in [2.45, 2.75) is 37.1 Å². The van der Waals surface area contributed by atoms with E-state index < -0.39 is 22.1 Å². The van der Waals surface area contributed by atoms with Gasteiger partial charge in [0.25, 0.3) is 0 Å². The van der Waals surface area contributed by atoms with Crippen LogP contribution in [0.2, 0.25) is 5.02 Å². The smallest absolute Gasteiger partial charge is 0.366 e. The highest BCUT2D eigenvalue weighted by Crippen LogP contribution is 2.31. The highest BCUT2D eigenvalue weighted by atomic mass is 79.9. The molecule has 3 aromatic carbocycles. The van der Waals surface area contributed by atoms with E-state index in [1.807, 2.05) is 42.5 Å². The molecular weight excluding hydrogens is 709 g/mol. The summed E-state index contributed by atoms with van der Waals surface area (Å²) in [5.74, 6) is -1.27. The molecule has 6 rings (SSSR count). The van der Waals surface area contributed by atoms with Crippen molar-refractivity contribution in [2.24, 2.45) is 0 Å². The summed E-state index contributed by atoms with van der Waals surface area (Å²) in [6.45, 7) is -0.0362. The van der Waals surface area contributed by atoms with E-state index in [1.165, 1.54) is 12.1 Å². The number of anilines is 1. The SMILES string of the molecule is O=C(N1CCc2ccc(S(=O)(=O)NCc3cccc(CNc4cc(-c5ccccc5Cl)nc5c(Br)cnn45)c3)cc2C1)C(F)(F)F. The maximum atomic E-state index is 13.1. The number of halogens is 5. The van der Waals surface area contributed by atoms with Crippen LogP contribution in [0, 0.1) is 0 Å². The fraction of sp³-hybridized carbons (Fsp3) is 0.194. The number of amides is 1. The Bertz CT molecular complexity index is 2070. The first kappa shape index (κ1) is 32.0. The third-order valence-electron chi connectivity index (χ3n) is 7.54. The summed E-state index contributed by atoms with van der Waals surface area (Å²) in [4.78, 5) is 17.0. The lowest BCUT2D eigenvalue weighted by Crippen LogP contribution is -2.43. The van der Waals surface area contributed by atoms with Crippen LogP contribution in [0.1, 0.15) is 22.3 Å². The number of alkyl halides is 3. The number of carbonyl (C=O) groups is 1. The van der Waals surface area contributed by atoms with Crippen molar-refractivity contribution in [1.82, 2.24) is 24.2 Å². The number of rotatable bonds is 8. The molecule has 0 bridgehead atoms. The number of hydrogen-bond donors (Lipinski definition) is 2. The second kappa shape index (κ2) is 12.7. The number of fused-ring (bicyclic) bond motifs is 2. The lowest BCUT2D eigenvalue weighted by atomic mass is 10.00. The summed E-state index contributed by atoms with van der Waals surface area (Å²) in [5.41, 5.74) is 4.67. The first-order chi connectivity index (χ1) is 21.9. The van der Waals surface area contributed by atoms with Gasteiger partial charge < -0.3 is 10.2 Å². The number of carbonyl (C=O) groups excluding carboxylic acids is 1. The Morgan fingerprint density at radius 3 is 2.50 bits per heavy atom. The average molecular weight is 734 g/mol. The van der Waals surface area contributed by atoms with E-state index in [2.05, 4.69) is 31.1 Å². The topological polar surface area (TPSA) is 109 Å². The average Bonchev–Trinajstić information content (AvgIpc) is 3.42. The number of nitrogens with zero attached hydrogens (tertiary/aromatic N) is 4. The quantitative estimate of drug-likeness (QED) is 0.193. The van der Waals surface area contributed by atoms with Gasteiger partial charge in [0.2, 0.25) is 10.0 Å². The first-order valence-corrected chi connectivity index (χ1v) is 16.6. The summed E-state index contributed by atoms with van der Waals surface area (Å²) in [6, 6.07) is 20.9. The minimum atomic E-state index is -4.99. The van der Waals surface area contributed by atoms with Crippen LogP contribution >= 0.6 is 27.5 Å². The molecule has 15 heteroatoms. The molecule has 0 saturated carbocycles. The molecule has 5 aromatic rings. The predicted octanol–water partition coefficient (Wildman–Crippen LogP) is 6.35. The highest BCUT2D eigenvalue weighted by molar-refractivity contribution is 9.10. The van der Waals surface area contributed by atoms with E-state index in [0.717, 1.165) is 11.1 Å². The molecule has 0 fully saturated rings.